The minimum atomic E-state index is -1.13. The van der Waals surface area contributed by atoms with Crippen LogP contribution in [0.15, 0.2) is 39.8 Å². The third kappa shape index (κ3) is 9.94. The van der Waals surface area contributed by atoms with Crippen LogP contribution in [0.2, 0.25) is 0 Å². The number of nitrogens with zero attached hydrogens (tertiary/aromatic N) is 4. The maximum Gasteiger partial charge on any atom is 0.413 e. The summed E-state index contributed by atoms with van der Waals surface area (Å²) in [5, 5.41) is 14.3. The van der Waals surface area contributed by atoms with E-state index in [1.165, 1.54) is 21.7 Å². The van der Waals surface area contributed by atoms with Gasteiger partial charge in [0.1, 0.15) is 50.7 Å². The summed E-state index contributed by atoms with van der Waals surface area (Å²) < 4.78 is 21.5. The maximum atomic E-state index is 13.5. The molecule has 20 heteroatoms. The largest absolute Gasteiger partial charge is 0.464 e. The zero-order valence-electron chi connectivity index (χ0n) is 31.1. The Hall–Kier alpha value is -5.47. The van der Waals surface area contributed by atoms with Gasteiger partial charge in [-0.3, -0.25) is 24.1 Å². The van der Waals surface area contributed by atoms with Crippen LogP contribution in [0.5, 0.6) is 0 Å². The predicted octanol–water partition coefficient (Wildman–Crippen LogP) is 3.66. The molecule has 1 aliphatic rings. The lowest BCUT2D eigenvalue weighted by molar-refractivity contribution is -0.136. The van der Waals surface area contributed by atoms with Crippen molar-refractivity contribution in [1.29, 1.82) is 0 Å². The van der Waals surface area contributed by atoms with E-state index in [1.807, 2.05) is 0 Å². The highest BCUT2D eigenvalue weighted by molar-refractivity contribution is 7.10. The molecule has 4 rings (SSSR count). The van der Waals surface area contributed by atoms with Crippen LogP contribution in [0, 0.1) is 0 Å². The first-order valence-electron chi connectivity index (χ1n) is 16.4. The Bertz CT molecular complexity index is 1970. The number of allylic oxidation sites excluding steroid dienone is 1. The van der Waals surface area contributed by atoms with Crippen LogP contribution in [0.3, 0.4) is 0 Å². The number of carbonyl (C=O) groups excluding carboxylic acids is 6. The summed E-state index contributed by atoms with van der Waals surface area (Å²) in [5.41, 5.74) is -1.96. The Morgan fingerprint density at radius 1 is 1.02 bits per heavy atom. The van der Waals surface area contributed by atoms with Crippen molar-refractivity contribution in [2.45, 2.75) is 91.4 Å². The van der Waals surface area contributed by atoms with E-state index in [9.17, 15) is 28.8 Å². The molecule has 5 amide bonds. The predicted molar refractivity (Wildman–Crippen MR) is 195 cm³/mol. The fourth-order valence-electron chi connectivity index (χ4n) is 5.09. The van der Waals surface area contributed by atoms with Gasteiger partial charge in [0.15, 0.2) is 5.69 Å². The van der Waals surface area contributed by atoms with Crippen LogP contribution in [0.1, 0.15) is 109 Å². The number of methoxy groups -OCH3 is 1. The monoisotopic (exact) mass is 786 g/mol. The molecule has 1 aliphatic heterocycles. The Balaban J connectivity index is 1.32. The molecule has 0 spiro atoms. The molecule has 0 aromatic carbocycles. The summed E-state index contributed by atoms with van der Waals surface area (Å²) in [6.07, 6.45) is 1.28. The highest BCUT2D eigenvalue weighted by Gasteiger charge is 2.53. The summed E-state index contributed by atoms with van der Waals surface area (Å²) >= 11 is 2.28. The molecule has 0 aliphatic carbocycles. The van der Waals surface area contributed by atoms with Crippen LogP contribution in [0.25, 0.3) is 5.70 Å². The fourth-order valence-corrected chi connectivity index (χ4v) is 6.61. The van der Waals surface area contributed by atoms with E-state index in [2.05, 4.69) is 47.5 Å². The average Bonchev–Trinajstić information content (AvgIpc) is 3.90. The van der Waals surface area contributed by atoms with E-state index < -0.39 is 65.2 Å². The Kier molecular flexibility index (Phi) is 12.8. The maximum absolute atomic E-state index is 13.5. The number of carbonyl (C=O) groups is 6. The van der Waals surface area contributed by atoms with Crippen LogP contribution >= 0.6 is 22.7 Å². The molecule has 0 radical (unpaired) electrons. The summed E-state index contributed by atoms with van der Waals surface area (Å²) in [7, 11) is 1.16. The molecule has 0 bridgehead atoms. The third-order valence-corrected chi connectivity index (χ3v) is 9.38. The second kappa shape index (κ2) is 16.7. The molecule has 3 atom stereocenters. The number of amides is 5. The topological polar surface area (TPSA) is 233 Å². The normalized spacial score (nSPS) is 17.3. The molecule has 3 aromatic rings. The molecule has 4 heterocycles. The van der Waals surface area contributed by atoms with Crippen molar-refractivity contribution >= 4 is 64.1 Å². The summed E-state index contributed by atoms with van der Waals surface area (Å²) in [6, 6.07) is -1.63. The SMILES string of the molecule is C=C(NC(=O)c1csc([C@H](C)NC(=O)c2csc(CNC(=O)c3coc(/C(=C/C)NC(=O)[C@@H]4[C@@H](C)OC(C)(C)N4C(=O)OC(C)(C)C)n3)n2)n1)C(=O)OC. The van der Waals surface area contributed by atoms with E-state index in [0.29, 0.717) is 10.0 Å². The van der Waals surface area contributed by atoms with Crippen LogP contribution in [-0.4, -0.2) is 86.1 Å². The molecule has 18 nitrogen and oxygen atoms in total. The van der Waals surface area contributed by atoms with Gasteiger partial charge in [-0.1, -0.05) is 12.7 Å². The van der Waals surface area contributed by atoms with Gasteiger partial charge < -0.3 is 39.9 Å². The zero-order valence-corrected chi connectivity index (χ0v) is 32.8. The second-order valence-electron chi connectivity index (χ2n) is 13.3. The van der Waals surface area contributed by atoms with Crippen molar-refractivity contribution < 1.29 is 47.4 Å². The van der Waals surface area contributed by atoms with E-state index >= 15 is 0 Å². The van der Waals surface area contributed by atoms with Gasteiger partial charge in [0.05, 0.1) is 31.5 Å². The molecular weight excluding hydrogens is 745 g/mol. The van der Waals surface area contributed by atoms with Gasteiger partial charge in [0.2, 0.25) is 11.8 Å². The van der Waals surface area contributed by atoms with Crippen LogP contribution in [0.4, 0.5) is 4.79 Å². The molecule has 54 heavy (non-hydrogen) atoms. The first-order valence-corrected chi connectivity index (χ1v) is 18.2. The van der Waals surface area contributed by atoms with Crippen molar-refractivity contribution in [3.05, 3.63) is 68.4 Å². The lowest BCUT2D eigenvalue weighted by Crippen LogP contribution is -2.55. The first-order chi connectivity index (χ1) is 25.2. The minimum absolute atomic E-state index is 0.0284. The van der Waals surface area contributed by atoms with Gasteiger partial charge in [-0.25, -0.2) is 24.5 Å². The molecule has 0 unspecified atom stereocenters. The van der Waals surface area contributed by atoms with Crippen molar-refractivity contribution in [3.8, 4) is 0 Å². The van der Waals surface area contributed by atoms with Crippen molar-refractivity contribution in [2.24, 2.45) is 0 Å². The van der Waals surface area contributed by atoms with Crippen LogP contribution in [-0.2, 0) is 30.3 Å². The minimum Gasteiger partial charge on any atom is -0.464 e. The van der Waals surface area contributed by atoms with Crippen molar-refractivity contribution in [3.63, 3.8) is 0 Å². The quantitative estimate of drug-likeness (QED) is 0.152. The number of oxazole rings is 1. The van der Waals surface area contributed by atoms with E-state index in [-0.39, 0.29) is 40.9 Å². The molecule has 290 valence electrons. The van der Waals surface area contributed by atoms with Gasteiger partial charge >= 0.3 is 12.1 Å². The number of thiazole rings is 2. The van der Waals surface area contributed by atoms with Crippen molar-refractivity contribution in [1.82, 2.24) is 41.1 Å². The number of nitrogens with one attached hydrogen (secondary N) is 4. The van der Waals surface area contributed by atoms with Gasteiger partial charge in [0.25, 0.3) is 17.7 Å². The third-order valence-electron chi connectivity index (χ3n) is 7.50. The van der Waals surface area contributed by atoms with Gasteiger partial charge in [0, 0.05) is 10.8 Å². The Morgan fingerprint density at radius 3 is 2.33 bits per heavy atom. The standard InChI is InChI=1S/C34H42N8O10S2/c1-11-19(39-28(46)24-18(4)51-34(8,9)42(24)32(48)52-33(5,6)7)29-40-20(13-50-29)25(43)35-12-23-38-21(14-53-23)26(44)36-16(2)30-41-22(15-54-30)27(45)37-17(3)31(47)49-10/h11,13-16,18,24H,3,12H2,1-2,4-10H3,(H,35,43)(H,36,44)(H,37,45)(H,39,46)/b19-11-/t16-,18+,24-/m0/s1. The van der Waals surface area contributed by atoms with Crippen molar-refractivity contribution in [2.75, 3.05) is 7.11 Å². The van der Waals surface area contributed by atoms with E-state index in [1.54, 1.807) is 55.4 Å². The highest BCUT2D eigenvalue weighted by Crippen LogP contribution is 2.34. The average molecular weight is 787 g/mol. The molecule has 1 fully saturated rings. The number of rotatable bonds is 12. The molecule has 4 N–H and O–H groups in total. The number of hydrogen-bond acceptors (Lipinski definition) is 15. The summed E-state index contributed by atoms with van der Waals surface area (Å²) in [5.74, 6) is -3.17. The Morgan fingerprint density at radius 2 is 1.69 bits per heavy atom. The van der Waals surface area contributed by atoms with Gasteiger partial charge in [-0.15, -0.1) is 22.7 Å². The summed E-state index contributed by atoms with van der Waals surface area (Å²) in [4.78, 5) is 90.3. The number of hydrogen-bond donors (Lipinski definition) is 4. The lowest BCUT2D eigenvalue weighted by Gasteiger charge is -2.34. The lowest BCUT2D eigenvalue weighted by atomic mass is 10.1. The van der Waals surface area contributed by atoms with Gasteiger partial charge in [-0.05, 0) is 55.4 Å². The molecule has 0 saturated carbocycles. The highest BCUT2D eigenvalue weighted by atomic mass is 32.1. The number of esters is 1. The molecular formula is C34H42N8O10S2. The van der Waals surface area contributed by atoms with Gasteiger partial charge in [-0.2, -0.15) is 0 Å². The number of ether oxygens (including phenoxy) is 3. The second-order valence-corrected chi connectivity index (χ2v) is 15.1. The first kappa shape index (κ1) is 41.3. The Labute approximate surface area is 318 Å². The zero-order chi connectivity index (χ0) is 40.1. The molecule has 1 saturated heterocycles. The van der Waals surface area contributed by atoms with E-state index in [4.69, 9.17) is 13.9 Å². The number of aromatic nitrogens is 3. The van der Waals surface area contributed by atoms with E-state index in [0.717, 1.165) is 36.0 Å². The summed E-state index contributed by atoms with van der Waals surface area (Å²) in [6.45, 7) is 16.9. The smallest absolute Gasteiger partial charge is 0.413 e. The van der Waals surface area contributed by atoms with Crippen LogP contribution < -0.4 is 21.3 Å². The fraction of sp³-hybridized carbons (Fsp3) is 0.441. The molecule has 3 aromatic heterocycles.